The van der Waals surface area contributed by atoms with Crippen LogP contribution in [0.4, 0.5) is 0 Å². The zero-order valence-corrected chi connectivity index (χ0v) is 14.1. The molecule has 1 aromatic rings. The van der Waals surface area contributed by atoms with Gasteiger partial charge in [0.15, 0.2) is 0 Å². The van der Waals surface area contributed by atoms with Crippen LogP contribution in [0.1, 0.15) is 58.2 Å². The van der Waals surface area contributed by atoms with Crippen molar-refractivity contribution in [2.45, 2.75) is 63.9 Å². The number of aromatic hydroxyl groups is 1. The van der Waals surface area contributed by atoms with Crippen LogP contribution in [0.5, 0.6) is 5.75 Å². The predicted molar refractivity (Wildman–Crippen MR) is 84.9 cm³/mol. The molecule has 0 atom stereocenters. The van der Waals surface area contributed by atoms with E-state index in [0.29, 0.717) is 5.75 Å². The second kappa shape index (κ2) is 5.58. The molecule has 0 fully saturated rings. The summed E-state index contributed by atoms with van der Waals surface area (Å²) in [6.45, 7) is 12.2. The van der Waals surface area contributed by atoms with Crippen molar-refractivity contribution in [2.24, 2.45) is 0 Å². The molecule has 1 radical (unpaired) electrons. The first-order valence-electron chi connectivity index (χ1n) is 6.34. The Morgan fingerprint density at radius 2 is 1.63 bits per heavy atom. The molecule has 1 rings (SSSR count). The third-order valence-corrected chi connectivity index (χ3v) is 4.27. The fourth-order valence-electron chi connectivity index (χ4n) is 2.19. The molecule has 0 unspecified atom stereocenters. The Kier molecular flexibility index (Phi) is 4.92. The highest BCUT2D eigenvalue weighted by atomic mass is 33.1. The lowest BCUT2D eigenvalue weighted by Crippen LogP contribution is -2.19. The van der Waals surface area contributed by atoms with Crippen molar-refractivity contribution >= 4 is 22.5 Å². The summed E-state index contributed by atoms with van der Waals surface area (Å²) in [6.07, 6.45) is 0. The molecule has 0 amide bonds. The average molecular weight is 299 g/mol. The van der Waals surface area contributed by atoms with Gasteiger partial charge in [-0.25, -0.2) is 0 Å². The van der Waals surface area contributed by atoms with Crippen LogP contribution in [-0.4, -0.2) is 10.2 Å². The molecule has 0 aliphatic rings. The van der Waals surface area contributed by atoms with Crippen molar-refractivity contribution in [3.63, 3.8) is 0 Å². The van der Waals surface area contributed by atoms with Gasteiger partial charge in [-0.1, -0.05) is 41.5 Å². The van der Waals surface area contributed by atoms with Gasteiger partial charge in [0.1, 0.15) is 5.75 Å². The van der Waals surface area contributed by atoms with Crippen LogP contribution in [0, 0.1) is 0 Å². The van der Waals surface area contributed by atoms with Gasteiger partial charge >= 0.3 is 0 Å². The third-order valence-electron chi connectivity index (χ3n) is 3.14. The van der Waals surface area contributed by atoms with E-state index in [9.17, 15) is 10.2 Å². The van der Waals surface area contributed by atoms with Crippen molar-refractivity contribution < 1.29 is 10.2 Å². The van der Waals surface area contributed by atoms with Gasteiger partial charge in [-0.15, -0.1) is 0 Å². The Bertz CT molecular complexity index is 469. The summed E-state index contributed by atoms with van der Waals surface area (Å²) in [7, 11) is 1.17. The molecule has 0 saturated carbocycles. The van der Waals surface area contributed by atoms with Crippen LogP contribution < -0.4 is 0 Å². The molecule has 0 aliphatic heterocycles. The number of benzene rings is 1. The molecular weight excluding hydrogens is 276 g/mol. The maximum Gasteiger partial charge on any atom is 0.124 e. The van der Waals surface area contributed by atoms with Crippen LogP contribution in [0.25, 0.3) is 0 Å². The number of aliphatic hydroxyl groups is 1. The Hall–Kier alpha value is -0.320. The molecule has 1 aromatic carbocycles. The fourth-order valence-corrected chi connectivity index (χ4v) is 3.48. The summed E-state index contributed by atoms with van der Waals surface area (Å²) in [5, 5.41) is 20.2. The normalized spacial score (nSPS) is 12.8. The summed E-state index contributed by atoms with van der Waals surface area (Å²) in [4.78, 5) is 0.815. The zero-order chi connectivity index (χ0) is 15.0. The minimum Gasteiger partial charge on any atom is -0.507 e. The first kappa shape index (κ1) is 16.7. The number of phenolic OH excluding ortho intramolecular Hbond substituents is 1. The van der Waals surface area contributed by atoms with Crippen LogP contribution in [0.2, 0.25) is 0 Å². The fraction of sp³-hybridized carbons (Fsp3) is 0.600. The highest BCUT2D eigenvalue weighted by Gasteiger charge is 2.30. The Morgan fingerprint density at radius 3 is 1.95 bits per heavy atom. The van der Waals surface area contributed by atoms with Gasteiger partial charge in [-0.3, -0.25) is 0 Å². The van der Waals surface area contributed by atoms with E-state index in [4.69, 9.17) is 11.7 Å². The number of rotatable bonds is 2. The van der Waals surface area contributed by atoms with Gasteiger partial charge in [0.25, 0.3) is 0 Å². The van der Waals surface area contributed by atoms with Crippen molar-refractivity contribution in [2.75, 3.05) is 0 Å². The molecule has 0 bridgehead atoms. The van der Waals surface area contributed by atoms with Crippen LogP contribution >= 0.6 is 22.5 Å². The van der Waals surface area contributed by atoms with Gasteiger partial charge in [0.05, 0.1) is 6.61 Å². The average Bonchev–Trinajstić information content (AvgIpc) is 2.24. The molecule has 0 aromatic heterocycles. The highest BCUT2D eigenvalue weighted by Crippen LogP contribution is 2.46. The molecule has 0 spiro atoms. The third kappa shape index (κ3) is 3.41. The van der Waals surface area contributed by atoms with E-state index < -0.39 is 0 Å². The molecule has 4 heteroatoms. The van der Waals surface area contributed by atoms with Crippen LogP contribution in [0.3, 0.4) is 0 Å². The lowest BCUT2D eigenvalue weighted by atomic mass is 9.78. The second-order valence-corrected chi connectivity index (χ2v) is 7.95. The highest BCUT2D eigenvalue weighted by molar-refractivity contribution is 8.68. The standard InChI is InChI=1S/C15H23O2S2/c1-14(2,3)10-7-9(8-16)13(19-18)11(12(10)17)15(4,5)6/h7,16-17H,8H2,1-6H3. The SMILES string of the molecule is CC(C)(C)c1cc(CO)c(S[S])c(C(C)(C)C)c1O. The molecule has 2 N–H and O–H groups in total. The van der Waals surface area contributed by atoms with Gasteiger partial charge in [0, 0.05) is 10.5 Å². The number of phenols is 1. The molecule has 0 aliphatic carbocycles. The maximum absolute atomic E-state index is 10.7. The van der Waals surface area contributed by atoms with Crippen LogP contribution in [0.15, 0.2) is 11.0 Å². The van der Waals surface area contributed by atoms with E-state index in [0.717, 1.165) is 21.6 Å². The minimum absolute atomic E-state index is 0.0641. The van der Waals surface area contributed by atoms with Gasteiger partial charge in [-0.2, -0.15) is 0 Å². The van der Waals surface area contributed by atoms with E-state index in [2.05, 4.69) is 20.8 Å². The minimum atomic E-state index is -0.226. The number of hydrogen-bond acceptors (Lipinski definition) is 3. The summed E-state index contributed by atoms with van der Waals surface area (Å²) in [5.41, 5.74) is 2.08. The van der Waals surface area contributed by atoms with E-state index in [1.165, 1.54) is 10.8 Å². The van der Waals surface area contributed by atoms with Crippen molar-refractivity contribution in [3.8, 4) is 5.75 Å². The largest absolute Gasteiger partial charge is 0.507 e. The van der Waals surface area contributed by atoms with E-state index >= 15 is 0 Å². The summed E-state index contributed by atoms with van der Waals surface area (Å²) in [6, 6.07) is 1.87. The van der Waals surface area contributed by atoms with Crippen molar-refractivity contribution in [1.82, 2.24) is 0 Å². The molecule has 0 saturated heterocycles. The Labute approximate surface area is 125 Å². The van der Waals surface area contributed by atoms with Crippen LogP contribution in [-0.2, 0) is 17.4 Å². The molecule has 2 nitrogen and oxygen atoms in total. The van der Waals surface area contributed by atoms with E-state index in [-0.39, 0.29) is 17.4 Å². The maximum atomic E-state index is 10.7. The van der Waals surface area contributed by atoms with Crippen molar-refractivity contribution in [3.05, 3.63) is 22.8 Å². The van der Waals surface area contributed by atoms with Crippen molar-refractivity contribution in [1.29, 1.82) is 0 Å². The second-order valence-electron chi connectivity index (χ2n) is 6.88. The lowest BCUT2D eigenvalue weighted by molar-refractivity contribution is 0.277. The molecule has 19 heavy (non-hydrogen) atoms. The smallest absolute Gasteiger partial charge is 0.124 e. The van der Waals surface area contributed by atoms with E-state index in [1.807, 2.05) is 26.8 Å². The van der Waals surface area contributed by atoms with E-state index in [1.54, 1.807) is 0 Å². The molecule has 107 valence electrons. The monoisotopic (exact) mass is 299 g/mol. The first-order valence-corrected chi connectivity index (χ1v) is 8.08. The number of hydrogen-bond donors (Lipinski definition) is 2. The lowest BCUT2D eigenvalue weighted by Gasteiger charge is -2.30. The summed E-state index contributed by atoms with van der Waals surface area (Å²) >= 11 is 5.12. The quantitative estimate of drug-likeness (QED) is 0.779. The van der Waals surface area contributed by atoms with Gasteiger partial charge < -0.3 is 10.2 Å². The van der Waals surface area contributed by atoms with Gasteiger partial charge in [-0.05, 0) is 50.5 Å². The molecule has 0 heterocycles. The number of aliphatic hydroxyl groups excluding tert-OH is 1. The van der Waals surface area contributed by atoms with Gasteiger partial charge in [0.2, 0.25) is 0 Å². The predicted octanol–water partition coefficient (Wildman–Crippen LogP) is 4.68. The Balaban J connectivity index is 3.76. The summed E-state index contributed by atoms with van der Waals surface area (Å²) in [5.74, 6) is 0.310. The topological polar surface area (TPSA) is 40.5 Å². The zero-order valence-electron chi connectivity index (χ0n) is 12.5. The molecular formula is C15H23O2S2. The summed E-state index contributed by atoms with van der Waals surface area (Å²) < 4.78 is 0. The Morgan fingerprint density at radius 1 is 1.11 bits per heavy atom. The first-order chi connectivity index (χ1) is 8.54.